The van der Waals surface area contributed by atoms with Crippen molar-refractivity contribution in [1.29, 1.82) is 0 Å². The molecule has 0 aliphatic carbocycles. The van der Waals surface area contributed by atoms with Gasteiger partial charge in [0.25, 0.3) is 0 Å². The van der Waals surface area contributed by atoms with Gasteiger partial charge >= 0.3 is 5.95 Å². The van der Waals surface area contributed by atoms with Gasteiger partial charge in [0.05, 0.1) is 16.4 Å². The Morgan fingerprint density at radius 2 is 1.88 bits per heavy atom. The van der Waals surface area contributed by atoms with Crippen LogP contribution in [-0.2, 0) is 0 Å². The van der Waals surface area contributed by atoms with Crippen LogP contribution in [0, 0.1) is 0 Å². The summed E-state index contributed by atoms with van der Waals surface area (Å²) >= 11 is 4.85. The predicted octanol–water partition coefficient (Wildman–Crippen LogP) is 5.17. The third-order valence-corrected chi connectivity index (χ3v) is 4.78. The number of nitrogens with zero attached hydrogens (tertiary/aromatic N) is 3. The molecular formula is C17H10BrN3O2S. The lowest BCUT2D eigenvalue weighted by Crippen LogP contribution is -1.82. The van der Waals surface area contributed by atoms with Gasteiger partial charge < -0.3 is 9.52 Å². The van der Waals surface area contributed by atoms with Crippen molar-refractivity contribution in [2.24, 2.45) is 4.99 Å². The Morgan fingerprint density at radius 3 is 2.67 bits per heavy atom. The summed E-state index contributed by atoms with van der Waals surface area (Å²) in [6.45, 7) is 0. The molecule has 5 nitrogen and oxygen atoms in total. The van der Waals surface area contributed by atoms with Crippen LogP contribution in [-0.4, -0.2) is 21.3 Å². The van der Waals surface area contributed by atoms with E-state index >= 15 is 0 Å². The van der Waals surface area contributed by atoms with Crippen LogP contribution in [0.3, 0.4) is 0 Å². The first-order valence-electron chi connectivity index (χ1n) is 7.04. The highest BCUT2D eigenvalue weighted by atomic mass is 79.9. The van der Waals surface area contributed by atoms with Gasteiger partial charge in [0.1, 0.15) is 0 Å². The zero-order valence-electron chi connectivity index (χ0n) is 12.2. The van der Waals surface area contributed by atoms with Crippen LogP contribution in [0.1, 0.15) is 5.69 Å². The van der Waals surface area contributed by atoms with Crippen molar-refractivity contribution in [2.45, 2.75) is 0 Å². The lowest BCUT2D eigenvalue weighted by Gasteiger charge is -1.94. The third-order valence-electron chi connectivity index (χ3n) is 3.31. The second kappa shape index (κ2) is 6.18. The highest BCUT2D eigenvalue weighted by molar-refractivity contribution is 9.10. The lowest BCUT2D eigenvalue weighted by molar-refractivity contribution is 0.337. The lowest BCUT2D eigenvalue weighted by atomic mass is 10.2. The average Bonchev–Trinajstić information content (AvgIpc) is 3.16. The maximum absolute atomic E-state index is 9.92. The van der Waals surface area contributed by atoms with E-state index in [1.54, 1.807) is 0 Å². The molecule has 0 aliphatic rings. The number of hydrogen-bond donors (Lipinski definition) is 1. The summed E-state index contributed by atoms with van der Waals surface area (Å²) < 4.78 is 7.33. The summed E-state index contributed by atoms with van der Waals surface area (Å²) in [6, 6.07) is 15.3. The molecule has 2 aromatic carbocycles. The van der Waals surface area contributed by atoms with Gasteiger partial charge in [-0.05, 0) is 36.4 Å². The quantitative estimate of drug-likeness (QED) is 0.482. The Kier molecular flexibility index (Phi) is 3.87. The number of aliphatic imine (C=N–C) groups is 1. The first-order chi connectivity index (χ1) is 11.7. The molecule has 0 aliphatic heterocycles. The fraction of sp³-hybridized carbons (Fsp3) is 0. The first kappa shape index (κ1) is 15.0. The summed E-state index contributed by atoms with van der Waals surface area (Å²) in [7, 11) is 0. The second-order valence-electron chi connectivity index (χ2n) is 4.94. The first-order valence-corrected chi connectivity index (χ1v) is 8.65. The molecule has 0 unspecified atom stereocenters. The molecule has 0 bridgehead atoms. The molecule has 4 aromatic rings. The van der Waals surface area contributed by atoms with Gasteiger partial charge in [0.15, 0.2) is 5.69 Å². The number of halogens is 1. The normalized spacial score (nSPS) is 11.5. The van der Waals surface area contributed by atoms with Crippen LogP contribution in [0.15, 0.2) is 62.4 Å². The number of hydrogen-bond acceptors (Lipinski definition) is 6. The molecule has 0 amide bonds. The summed E-state index contributed by atoms with van der Waals surface area (Å²) in [5.74, 6) is 0.0727. The van der Waals surface area contributed by atoms with E-state index in [-0.39, 0.29) is 11.6 Å². The van der Waals surface area contributed by atoms with E-state index in [0.717, 1.165) is 20.3 Å². The van der Waals surface area contributed by atoms with Crippen LogP contribution < -0.4 is 0 Å². The van der Waals surface area contributed by atoms with Gasteiger partial charge in [-0.25, -0.2) is 15.0 Å². The monoisotopic (exact) mass is 399 g/mol. The Bertz CT molecular complexity index is 1000. The molecule has 0 atom stereocenters. The number of benzene rings is 2. The van der Waals surface area contributed by atoms with Gasteiger partial charge in [-0.3, -0.25) is 0 Å². The number of para-hydroxylation sites is 1. The van der Waals surface area contributed by atoms with Crippen molar-refractivity contribution in [3.05, 3.63) is 58.7 Å². The Morgan fingerprint density at radius 1 is 1.08 bits per heavy atom. The highest BCUT2D eigenvalue weighted by Crippen LogP contribution is 2.29. The number of thiazole rings is 1. The molecule has 0 saturated carbocycles. The molecule has 7 heteroatoms. The average molecular weight is 400 g/mol. The molecule has 1 N–H and O–H groups in total. The molecule has 24 heavy (non-hydrogen) atoms. The molecule has 0 saturated heterocycles. The predicted molar refractivity (Wildman–Crippen MR) is 98.2 cm³/mol. The highest BCUT2D eigenvalue weighted by Gasteiger charge is 2.12. The molecular weight excluding hydrogens is 390 g/mol. The summed E-state index contributed by atoms with van der Waals surface area (Å²) in [5, 5.41) is 10.5. The third kappa shape index (κ3) is 2.95. The van der Waals surface area contributed by atoms with Gasteiger partial charge in [0, 0.05) is 10.0 Å². The van der Waals surface area contributed by atoms with Crippen molar-refractivity contribution in [3.63, 3.8) is 0 Å². The van der Waals surface area contributed by atoms with E-state index < -0.39 is 0 Å². The number of aromatic hydroxyl groups is 1. The van der Waals surface area contributed by atoms with Crippen LogP contribution >= 0.6 is 27.3 Å². The number of oxazole rings is 1. The fourth-order valence-electron chi connectivity index (χ4n) is 2.16. The van der Waals surface area contributed by atoms with Crippen molar-refractivity contribution in [3.8, 4) is 17.4 Å². The van der Waals surface area contributed by atoms with E-state index in [1.165, 1.54) is 17.6 Å². The molecule has 0 spiro atoms. The zero-order chi connectivity index (χ0) is 16.5. The van der Waals surface area contributed by atoms with Gasteiger partial charge in [-0.1, -0.05) is 39.4 Å². The van der Waals surface area contributed by atoms with Crippen LogP contribution in [0.2, 0.25) is 0 Å². The van der Waals surface area contributed by atoms with E-state index in [0.29, 0.717) is 11.0 Å². The largest absolute Gasteiger partial charge is 0.479 e. The van der Waals surface area contributed by atoms with E-state index in [1.807, 2.05) is 48.5 Å². The van der Waals surface area contributed by atoms with E-state index in [4.69, 9.17) is 4.42 Å². The fourth-order valence-corrected chi connectivity index (χ4v) is 3.23. The number of fused-ring (bicyclic) bond motifs is 1. The Labute approximate surface area is 149 Å². The maximum Gasteiger partial charge on any atom is 0.312 e. The minimum Gasteiger partial charge on any atom is -0.479 e. The molecule has 0 fully saturated rings. The van der Waals surface area contributed by atoms with Crippen LogP contribution in [0.4, 0.5) is 5.13 Å². The molecule has 2 aromatic heterocycles. The topological polar surface area (TPSA) is 71.5 Å². The van der Waals surface area contributed by atoms with Crippen molar-refractivity contribution < 1.29 is 9.52 Å². The summed E-state index contributed by atoms with van der Waals surface area (Å²) in [5.41, 5.74) is 1.94. The molecule has 4 rings (SSSR count). The standard InChI is InChI=1S/C17H10BrN3O2S/c18-11-7-5-10(6-8-11)15-20-13(16(22)23-15)9-19-17-21-12-3-1-2-4-14(12)24-17/h1-9,22H/b19-9+. The van der Waals surface area contributed by atoms with E-state index in [9.17, 15) is 5.11 Å². The smallest absolute Gasteiger partial charge is 0.312 e. The zero-order valence-corrected chi connectivity index (χ0v) is 14.6. The molecule has 2 heterocycles. The molecule has 118 valence electrons. The van der Waals surface area contributed by atoms with Crippen LogP contribution in [0.5, 0.6) is 5.95 Å². The Hall–Kier alpha value is -2.51. The minimum atomic E-state index is -0.266. The SMILES string of the molecule is Oc1oc(-c2ccc(Br)cc2)nc1/C=N/c1nc2ccccc2s1. The number of rotatable bonds is 3. The second-order valence-corrected chi connectivity index (χ2v) is 6.86. The summed E-state index contributed by atoms with van der Waals surface area (Å²) in [6.07, 6.45) is 1.46. The Balaban J connectivity index is 1.63. The molecule has 0 radical (unpaired) electrons. The van der Waals surface area contributed by atoms with E-state index in [2.05, 4.69) is 30.9 Å². The van der Waals surface area contributed by atoms with Crippen molar-refractivity contribution >= 4 is 48.8 Å². The van der Waals surface area contributed by atoms with Crippen molar-refractivity contribution in [2.75, 3.05) is 0 Å². The minimum absolute atomic E-state index is 0.266. The van der Waals surface area contributed by atoms with Crippen LogP contribution in [0.25, 0.3) is 21.7 Å². The maximum atomic E-state index is 9.92. The van der Waals surface area contributed by atoms with Gasteiger partial charge in [-0.2, -0.15) is 0 Å². The van der Waals surface area contributed by atoms with Gasteiger partial charge in [-0.15, -0.1) is 0 Å². The summed E-state index contributed by atoms with van der Waals surface area (Å²) in [4.78, 5) is 13.0. The van der Waals surface area contributed by atoms with Crippen molar-refractivity contribution in [1.82, 2.24) is 9.97 Å². The van der Waals surface area contributed by atoms with Gasteiger partial charge in [0.2, 0.25) is 11.0 Å². The number of aromatic nitrogens is 2.